The molecule has 0 spiro atoms. The highest BCUT2D eigenvalue weighted by molar-refractivity contribution is 5.44. The Morgan fingerprint density at radius 1 is 0.944 bits per heavy atom. The SMILES string of the molecule is CC(C)Oc1ccccc1CNc1ccccc1. The minimum Gasteiger partial charge on any atom is -0.491 e. The summed E-state index contributed by atoms with van der Waals surface area (Å²) in [7, 11) is 0. The second-order valence-corrected chi connectivity index (χ2v) is 4.49. The van der Waals surface area contributed by atoms with Gasteiger partial charge in [0, 0.05) is 17.8 Å². The summed E-state index contributed by atoms with van der Waals surface area (Å²) in [5.41, 5.74) is 2.30. The summed E-state index contributed by atoms with van der Waals surface area (Å²) in [5.74, 6) is 0.955. The van der Waals surface area contributed by atoms with Gasteiger partial charge in [0.2, 0.25) is 0 Å². The van der Waals surface area contributed by atoms with E-state index in [1.807, 2.05) is 50.2 Å². The number of benzene rings is 2. The monoisotopic (exact) mass is 241 g/mol. The van der Waals surface area contributed by atoms with Crippen LogP contribution in [0.3, 0.4) is 0 Å². The number of anilines is 1. The van der Waals surface area contributed by atoms with Crippen molar-refractivity contribution in [2.75, 3.05) is 5.32 Å². The molecule has 0 aliphatic rings. The molecule has 94 valence electrons. The number of rotatable bonds is 5. The van der Waals surface area contributed by atoms with E-state index < -0.39 is 0 Å². The van der Waals surface area contributed by atoms with Crippen LogP contribution in [0, 0.1) is 0 Å². The van der Waals surface area contributed by atoms with E-state index in [9.17, 15) is 0 Å². The summed E-state index contributed by atoms with van der Waals surface area (Å²) in [4.78, 5) is 0. The van der Waals surface area contributed by atoms with E-state index in [-0.39, 0.29) is 6.10 Å². The van der Waals surface area contributed by atoms with Crippen LogP contribution < -0.4 is 10.1 Å². The molecule has 0 aliphatic carbocycles. The van der Waals surface area contributed by atoms with Crippen molar-refractivity contribution in [1.82, 2.24) is 0 Å². The molecule has 0 aliphatic heterocycles. The summed E-state index contributed by atoms with van der Waals surface area (Å²) in [6.07, 6.45) is 0.197. The molecule has 2 heteroatoms. The quantitative estimate of drug-likeness (QED) is 0.851. The van der Waals surface area contributed by atoms with Gasteiger partial charge in [-0.15, -0.1) is 0 Å². The normalized spacial score (nSPS) is 10.4. The van der Waals surface area contributed by atoms with Crippen LogP contribution in [0.25, 0.3) is 0 Å². The average Bonchev–Trinajstić information content (AvgIpc) is 2.38. The van der Waals surface area contributed by atoms with Gasteiger partial charge in [-0.05, 0) is 32.0 Å². The second-order valence-electron chi connectivity index (χ2n) is 4.49. The molecule has 0 heterocycles. The fraction of sp³-hybridized carbons (Fsp3) is 0.250. The predicted octanol–water partition coefficient (Wildman–Crippen LogP) is 4.09. The smallest absolute Gasteiger partial charge is 0.124 e. The van der Waals surface area contributed by atoms with Gasteiger partial charge < -0.3 is 10.1 Å². The van der Waals surface area contributed by atoms with Crippen molar-refractivity contribution < 1.29 is 4.74 Å². The fourth-order valence-electron chi connectivity index (χ4n) is 1.77. The molecule has 0 atom stereocenters. The third-order valence-electron chi connectivity index (χ3n) is 2.59. The van der Waals surface area contributed by atoms with E-state index in [1.165, 1.54) is 5.56 Å². The van der Waals surface area contributed by atoms with E-state index in [0.717, 1.165) is 18.0 Å². The van der Waals surface area contributed by atoms with Crippen molar-refractivity contribution in [3.8, 4) is 5.75 Å². The first-order valence-electron chi connectivity index (χ1n) is 6.29. The Hall–Kier alpha value is -1.96. The van der Waals surface area contributed by atoms with Crippen LogP contribution >= 0.6 is 0 Å². The highest BCUT2D eigenvalue weighted by Gasteiger charge is 2.04. The van der Waals surface area contributed by atoms with Gasteiger partial charge in [-0.1, -0.05) is 36.4 Å². The zero-order valence-corrected chi connectivity index (χ0v) is 10.9. The van der Waals surface area contributed by atoms with Gasteiger partial charge in [-0.3, -0.25) is 0 Å². The molecule has 1 N–H and O–H groups in total. The molecular formula is C16H19NO. The lowest BCUT2D eigenvalue weighted by molar-refractivity contribution is 0.240. The minimum atomic E-state index is 0.197. The Labute approximate surface area is 109 Å². The van der Waals surface area contributed by atoms with Gasteiger partial charge in [-0.25, -0.2) is 0 Å². The Bertz CT molecular complexity index is 479. The van der Waals surface area contributed by atoms with Crippen molar-refractivity contribution in [2.24, 2.45) is 0 Å². The maximum absolute atomic E-state index is 5.79. The summed E-state index contributed by atoms with van der Waals surface area (Å²) in [6, 6.07) is 18.3. The van der Waals surface area contributed by atoms with E-state index in [1.54, 1.807) is 0 Å². The molecule has 0 amide bonds. The lowest BCUT2D eigenvalue weighted by Crippen LogP contribution is -2.09. The molecule has 0 saturated carbocycles. The molecule has 2 rings (SSSR count). The molecule has 0 radical (unpaired) electrons. The Balaban J connectivity index is 2.05. The van der Waals surface area contributed by atoms with Crippen LogP contribution in [-0.2, 0) is 6.54 Å². The lowest BCUT2D eigenvalue weighted by atomic mass is 10.2. The van der Waals surface area contributed by atoms with Crippen LogP contribution in [0.1, 0.15) is 19.4 Å². The van der Waals surface area contributed by atoms with Gasteiger partial charge in [0.25, 0.3) is 0 Å². The third kappa shape index (κ3) is 3.52. The summed E-state index contributed by atoms with van der Waals surface area (Å²) in [6.45, 7) is 4.86. The Morgan fingerprint density at radius 3 is 2.33 bits per heavy atom. The zero-order valence-electron chi connectivity index (χ0n) is 10.9. The van der Waals surface area contributed by atoms with Crippen molar-refractivity contribution in [3.05, 3.63) is 60.2 Å². The zero-order chi connectivity index (χ0) is 12.8. The number of para-hydroxylation sites is 2. The lowest BCUT2D eigenvalue weighted by Gasteiger charge is -2.15. The third-order valence-corrected chi connectivity index (χ3v) is 2.59. The summed E-state index contributed by atoms with van der Waals surface area (Å²) in [5, 5.41) is 3.39. The summed E-state index contributed by atoms with van der Waals surface area (Å²) >= 11 is 0. The first kappa shape index (κ1) is 12.5. The number of hydrogen-bond donors (Lipinski definition) is 1. The number of nitrogens with one attached hydrogen (secondary N) is 1. The molecule has 2 nitrogen and oxygen atoms in total. The molecule has 18 heavy (non-hydrogen) atoms. The maximum Gasteiger partial charge on any atom is 0.124 e. The van der Waals surface area contributed by atoms with Crippen LogP contribution in [0.2, 0.25) is 0 Å². The summed E-state index contributed by atoms with van der Waals surface area (Å²) < 4.78 is 5.79. The Kier molecular flexibility index (Phi) is 4.24. The minimum absolute atomic E-state index is 0.197. The molecule has 0 aromatic heterocycles. The van der Waals surface area contributed by atoms with E-state index >= 15 is 0 Å². The first-order chi connectivity index (χ1) is 8.75. The van der Waals surface area contributed by atoms with Crippen molar-refractivity contribution in [1.29, 1.82) is 0 Å². The number of hydrogen-bond acceptors (Lipinski definition) is 2. The molecule has 0 fully saturated rings. The van der Waals surface area contributed by atoms with E-state index in [0.29, 0.717) is 0 Å². The van der Waals surface area contributed by atoms with Gasteiger partial charge in [0.1, 0.15) is 5.75 Å². The number of ether oxygens (including phenoxy) is 1. The average molecular weight is 241 g/mol. The molecular weight excluding hydrogens is 222 g/mol. The topological polar surface area (TPSA) is 21.3 Å². The first-order valence-corrected chi connectivity index (χ1v) is 6.29. The molecule has 2 aromatic carbocycles. The standard InChI is InChI=1S/C16H19NO/c1-13(2)18-16-11-7-6-8-14(16)12-17-15-9-4-3-5-10-15/h3-11,13,17H,12H2,1-2H3. The molecule has 2 aromatic rings. The predicted molar refractivity (Wildman–Crippen MR) is 76.0 cm³/mol. The molecule has 0 unspecified atom stereocenters. The fourth-order valence-corrected chi connectivity index (χ4v) is 1.77. The van der Waals surface area contributed by atoms with Gasteiger partial charge in [0.05, 0.1) is 6.10 Å². The highest BCUT2D eigenvalue weighted by atomic mass is 16.5. The van der Waals surface area contributed by atoms with Crippen molar-refractivity contribution >= 4 is 5.69 Å². The second kappa shape index (κ2) is 6.10. The van der Waals surface area contributed by atoms with E-state index in [2.05, 4.69) is 23.5 Å². The molecule has 0 bridgehead atoms. The van der Waals surface area contributed by atoms with E-state index in [4.69, 9.17) is 4.74 Å². The largest absolute Gasteiger partial charge is 0.491 e. The van der Waals surface area contributed by atoms with Crippen molar-refractivity contribution in [3.63, 3.8) is 0 Å². The van der Waals surface area contributed by atoms with Gasteiger partial charge >= 0.3 is 0 Å². The van der Waals surface area contributed by atoms with Crippen LogP contribution in [0.15, 0.2) is 54.6 Å². The highest BCUT2D eigenvalue weighted by Crippen LogP contribution is 2.20. The van der Waals surface area contributed by atoms with Crippen molar-refractivity contribution in [2.45, 2.75) is 26.5 Å². The van der Waals surface area contributed by atoms with Gasteiger partial charge in [0.15, 0.2) is 0 Å². The van der Waals surface area contributed by atoms with Crippen LogP contribution in [0.4, 0.5) is 5.69 Å². The van der Waals surface area contributed by atoms with Gasteiger partial charge in [-0.2, -0.15) is 0 Å². The molecule has 0 saturated heterocycles. The van der Waals surface area contributed by atoms with Crippen LogP contribution in [-0.4, -0.2) is 6.10 Å². The van der Waals surface area contributed by atoms with Crippen LogP contribution in [0.5, 0.6) is 5.75 Å². The maximum atomic E-state index is 5.79. The Morgan fingerprint density at radius 2 is 1.61 bits per heavy atom.